The molecule has 7 heteroatoms. The molecular weight excluding hydrogens is 376 g/mol. The van der Waals surface area contributed by atoms with Crippen molar-refractivity contribution in [1.29, 1.82) is 0 Å². The topological polar surface area (TPSA) is 109 Å². The molecule has 144 valence electrons. The Labute approximate surface area is 163 Å². The Balaban J connectivity index is 2.10. The first kappa shape index (κ1) is 19.6. The summed E-state index contributed by atoms with van der Waals surface area (Å²) >= 11 is 0. The Morgan fingerprint density at radius 3 is 2.11 bits per heavy atom. The van der Waals surface area contributed by atoms with Gasteiger partial charge in [-0.25, -0.2) is 8.42 Å². The number of nitrogens with one attached hydrogen (secondary N) is 1. The standard InChI is InChI=1S/C21H20N2O4S/c1-15-11-13-17(14-12-15)28(26,27)23-19-10-6-5-9-18(19)21(25,20(22)24)16-7-3-2-4-8-16/h2-14,23,25H,1H3,(H2,22,24). The summed E-state index contributed by atoms with van der Waals surface area (Å²) in [6.45, 7) is 1.85. The zero-order valence-corrected chi connectivity index (χ0v) is 16.0. The molecule has 1 atom stereocenters. The second-order valence-electron chi connectivity index (χ2n) is 6.40. The molecule has 0 heterocycles. The first-order chi connectivity index (χ1) is 13.2. The van der Waals surface area contributed by atoms with Gasteiger partial charge in [0.25, 0.3) is 15.9 Å². The molecule has 0 radical (unpaired) electrons. The van der Waals surface area contributed by atoms with Crippen LogP contribution >= 0.6 is 0 Å². The Morgan fingerprint density at radius 1 is 0.929 bits per heavy atom. The molecule has 0 saturated carbocycles. The quantitative estimate of drug-likeness (QED) is 0.595. The molecule has 0 bridgehead atoms. The number of aliphatic hydroxyl groups is 1. The van der Waals surface area contributed by atoms with Crippen molar-refractivity contribution in [2.24, 2.45) is 5.73 Å². The van der Waals surface area contributed by atoms with Crippen molar-refractivity contribution in [3.8, 4) is 0 Å². The highest BCUT2D eigenvalue weighted by Gasteiger charge is 2.40. The molecule has 0 aliphatic rings. The molecule has 4 N–H and O–H groups in total. The van der Waals surface area contributed by atoms with Crippen LogP contribution in [0.3, 0.4) is 0 Å². The van der Waals surface area contributed by atoms with Crippen LogP contribution in [0.15, 0.2) is 83.8 Å². The lowest BCUT2D eigenvalue weighted by molar-refractivity contribution is -0.133. The summed E-state index contributed by atoms with van der Waals surface area (Å²) in [7, 11) is -3.93. The number of aryl methyl sites for hydroxylation is 1. The molecule has 1 amide bonds. The van der Waals surface area contributed by atoms with E-state index in [1.54, 1.807) is 54.6 Å². The fourth-order valence-corrected chi connectivity index (χ4v) is 4.00. The number of anilines is 1. The van der Waals surface area contributed by atoms with E-state index in [1.807, 2.05) is 6.92 Å². The lowest BCUT2D eigenvalue weighted by atomic mass is 9.85. The van der Waals surface area contributed by atoms with Crippen molar-refractivity contribution in [1.82, 2.24) is 0 Å². The Kier molecular flexibility index (Phi) is 5.22. The number of hydrogen-bond acceptors (Lipinski definition) is 4. The van der Waals surface area contributed by atoms with Gasteiger partial charge in [0.05, 0.1) is 10.6 Å². The van der Waals surface area contributed by atoms with Crippen LogP contribution in [0.5, 0.6) is 0 Å². The average molecular weight is 396 g/mol. The molecule has 3 rings (SSSR count). The Hall–Kier alpha value is -3.16. The molecule has 0 aliphatic carbocycles. The number of nitrogens with two attached hydrogens (primary N) is 1. The summed E-state index contributed by atoms with van der Waals surface area (Å²) in [5, 5.41) is 11.2. The first-order valence-corrected chi connectivity index (χ1v) is 10.0. The number of benzene rings is 3. The molecule has 0 aliphatic heterocycles. The number of rotatable bonds is 6. The van der Waals surface area contributed by atoms with Crippen LogP contribution in [0.25, 0.3) is 0 Å². The number of carbonyl (C=O) groups excluding carboxylic acids is 1. The summed E-state index contributed by atoms with van der Waals surface area (Å²) in [5.41, 5.74) is 4.60. The van der Waals surface area contributed by atoms with Gasteiger partial charge in [-0.05, 0) is 30.7 Å². The minimum atomic E-state index is -3.93. The van der Waals surface area contributed by atoms with E-state index in [0.717, 1.165) is 5.56 Å². The van der Waals surface area contributed by atoms with E-state index in [0.29, 0.717) is 0 Å². The van der Waals surface area contributed by atoms with Crippen molar-refractivity contribution < 1.29 is 18.3 Å². The molecule has 3 aromatic carbocycles. The fraction of sp³-hybridized carbons (Fsp3) is 0.0952. The van der Waals surface area contributed by atoms with Gasteiger partial charge < -0.3 is 10.8 Å². The molecule has 0 spiro atoms. The minimum absolute atomic E-state index is 0.0457. The van der Waals surface area contributed by atoms with E-state index in [1.165, 1.54) is 24.3 Å². The predicted molar refractivity (Wildman–Crippen MR) is 107 cm³/mol. The zero-order valence-electron chi connectivity index (χ0n) is 15.2. The number of hydrogen-bond donors (Lipinski definition) is 3. The highest BCUT2D eigenvalue weighted by atomic mass is 32.2. The number of para-hydroxylation sites is 1. The van der Waals surface area contributed by atoms with Crippen LogP contribution in [-0.4, -0.2) is 19.4 Å². The van der Waals surface area contributed by atoms with Gasteiger partial charge >= 0.3 is 0 Å². The van der Waals surface area contributed by atoms with Crippen LogP contribution in [0.4, 0.5) is 5.69 Å². The van der Waals surface area contributed by atoms with Crippen molar-refractivity contribution >= 4 is 21.6 Å². The Morgan fingerprint density at radius 2 is 1.50 bits per heavy atom. The molecular formula is C21H20N2O4S. The van der Waals surface area contributed by atoms with Gasteiger partial charge in [0.15, 0.2) is 5.60 Å². The van der Waals surface area contributed by atoms with Crippen LogP contribution in [0, 0.1) is 6.92 Å². The van der Waals surface area contributed by atoms with E-state index in [9.17, 15) is 18.3 Å². The summed E-state index contributed by atoms with van der Waals surface area (Å²) in [6, 6.07) is 20.6. The lowest BCUT2D eigenvalue weighted by Gasteiger charge is -2.28. The van der Waals surface area contributed by atoms with Crippen molar-refractivity contribution in [2.45, 2.75) is 17.4 Å². The summed E-state index contributed by atoms with van der Waals surface area (Å²) < 4.78 is 28.0. The third kappa shape index (κ3) is 3.62. The minimum Gasteiger partial charge on any atom is -0.372 e. The number of carbonyl (C=O) groups is 1. The van der Waals surface area contributed by atoms with Crippen LogP contribution in [0.1, 0.15) is 16.7 Å². The highest BCUT2D eigenvalue weighted by molar-refractivity contribution is 7.92. The largest absolute Gasteiger partial charge is 0.372 e. The van der Waals surface area contributed by atoms with E-state index in [-0.39, 0.29) is 21.7 Å². The van der Waals surface area contributed by atoms with Crippen molar-refractivity contribution in [3.05, 3.63) is 95.6 Å². The fourth-order valence-electron chi connectivity index (χ4n) is 2.92. The molecule has 28 heavy (non-hydrogen) atoms. The molecule has 1 unspecified atom stereocenters. The van der Waals surface area contributed by atoms with Gasteiger partial charge in [-0.1, -0.05) is 66.2 Å². The summed E-state index contributed by atoms with van der Waals surface area (Å²) in [5.74, 6) is -1.01. The van der Waals surface area contributed by atoms with Gasteiger partial charge in [-0.3, -0.25) is 9.52 Å². The molecule has 0 fully saturated rings. The predicted octanol–water partition coefficient (Wildman–Crippen LogP) is 2.52. The molecule has 3 aromatic rings. The van der Waals surface area contributed by atoms with E-state index >= 15 is 0 Å². The maximum absolute atomic E-state index is 12.8. The van der Waals surface area contributed by atoms with Gasteiger partial charge in [0, 0.05) is 5.56 Å². The van der Waals surface area contributed by atoms with Crippen molar-refractivity contribution in [2.75, 3.05) is 4.72 Å². The van der Waals surface area contributed by atoms with Crippen molar-refractivity contribution in [3.63, 3.8) is 0 Å². The summed E-state index contributed by atoms with van der Waals surface area (Å²) in [6.07, 6.45) is 0. The maximum Gasteiger partial charge on any atom is 0.261 e. The van der Waals surface area contributed by atoms with Gasteiger partial charge in [-0.15, -0.1) is 0 Å². The second kappa shape index (κ2) is 7.46. The molecule has 6 nitrogen and oxygen atoms in total. The van der Waals surface area contributed by atoms with E-state index in [2.05, 4.69) is 4.72 Å². The van der Waals surface area contributed by atoms with Gasteiger partial charge in [-0.2, -0.15) is 0 Å². The lowest BCUT2D eigenvalue weighted by Crippen LogP contribution is -2.42. The number of amides is 1. The van der Waals surface area contributed by atoms with Gasteiger partial charge in [0.2, 0.25) is 0 Å². The monoisotopic (exact) mass is 396 g/mol. The first-order valence-electron chi connectivity index (χ1n) is 8.52. The Bertz CT molecular complexity index is 1100. The van der Waals surface area contributed by atoms with Crippen LogP contribution in [-0.2, 0) is 20.4 Å². The van der Waals surface area contributed by atoms with Gasteiger partial charge in [0.1, 0.15) is 0 Å². The zero-order chi connectivity index (χ0) is 20.4. The molecule has 0 aromatic heterocycles. The maximum atomic E-state index is 12.8. The third-order valence-electron chi connectivity index (χ3n) is 4.44. The highest BCUT2D eigenvalue weighted by Crippen LogP contribution is 2.35. The SMILES string of the molecule is Cc1ccc(S(=O)(=O)Nc2ccccc2C(O)(C(N)=O)c2ccccc2)cc1. The average Bonchev–Trinajstić information content (AvgIpc) is 2.68. The van der Waals surface area contributed by atoms with Crippen LogP contribution < -0.4 is 10.5 Å². The third-order valence-corrected chi connectivity index (χ3v) is 5.82. The summed E-state index contributed by atoms with van der Waals surface area (Å²) in [4.78, 5) is 12.3. The normalized spacial score (nSPS) is 13.5. The number of primary amides is 1. The second-order valence-corrected chi connectivity index (χ2v) is 8.09. The van der Waals surface area contributed by atoms with E-state index < -0.39 is 21.5 Å². The smallest absolute Gasteiger partial charge is 0.261 e. The van der Waals surface area contributed by atoms with Crippen LogP contribution in [0.2, 0.25) is 0 Å². The molecule has 0 saturated heterocycles. The number of sulfonamides is 1. The van der Waals surface area contributed by atoms with E-state index in [4.69, 9.17) is 5.73 Å².